The molecular formula is C18H37N. The molecule has 0 spiro atoms. The van der Waals surface area contributed by atoms with Gasteiger partial charge in [0, 0.05) is 6.04 Å². The van der Waals surface area contributed by atoms with Gasteiger partial charge in [-0.05, 0) is 38.1 Å². The minimum Gasteiger partial charge on any atom is -0.314 e. The van der Waals surface area contributed by atoms with Crippen molar-refractivity contribution in [2.24, 2.45) is 5.92 Å². The molecule has 1 atom stereocenters. The monoisotopic (exact) mass is 267 g/mol. The molecule has 1 unspecified atom stereocenters. The average Bonchev–Trinajstić information content (AvgIpc) is 2.46. The normalized spacial score (nSPS) is 18.6. The lowest BCUT2D eigenvalue weighted by Crippen LogP contribution is -2.37. The Morgan fingerprint density at radius 3 is 2.21 bits per heavy atom. The van der Waals surface area contributed by atoms with Crippen molar-refractivity contribution >= 4 is 0 Å². The zero-order chi connectivity index (χ0) is 13.8. The van der Waals surface area contributed by atoms with E-state index in [2.05, 4.69) is 19.2 Å². The number of unbranched alkanes of at least 4 members (excludes halogenated alkanes) is 5. The van der Waals surface area contributed by atoms with Crippen LogP contribution >= 0.6 is 0 Å². The first-order valence-corrected chi connectivity index (χ1v) is 9.11. The molecule has 1 aliphatic carbocycles. The van der Waals surface area contributed by atoms with Crippen molar-refractivity contribution < 1.29 is 0 Å². The third-order valence-corrected chi connectivity index (χ3v) is 4.77. The molecule has 0 bridgehead atoms. The molecule has 19 heavy (non-hydrogen) atoms. The Balaban J connectivity index is 2.24. The summed E-state index contributed by atoms with van der Waals surface area (Å²) in [4.78, 5) is 0. The van der Waals surface area contributed by atoms with E-state index in [1.807, 2.05) is 0 Å². The Morgan fingerprint density at radius 1 is 0.842 bits per heavy atom. The SMILES string of the molecule is CCCCCCC(NCCCCC)C1CCCCC1. The van der Waals surface area contributed by atoms with E-state index in [4.69, 9.17) is 0 Å². The van der Waals surface area contributed by atoms with Crippen LogP contribution in [-0.2, 0) is 0 Å². The molecule has 1 N–H and O–H groups in total. The van der Waals surface area contributed by atoms with Gasteiger partial charge in [0.05, 0.1) is 0 Å². The van der Waals surface area contributed by atoms with E-state index < -0.39 is 0 Å². The minimum absolute atomic E-state index is 0.828. The van der Waals surface area contributed by atoms with Crippen LogP contribution in [0, 0.1) is 5.92 Å². The first-order valence-electron chi connectivity index (χ1n) is 9.11. The topological polar surface area (TPSA) is 12.0 Å². The van der Waals surface area contributed by atoms with Gasteiger partial charge in [-0.25, -0.2) is 0 Å². The maximum Gasteiger partial charge on any atom is 0.00953 e. The van der Waals surface area contributed by atoms with Gasteiger partial charge >= 0.3 is 0 Å². The fraction of sp³-hybridized carbons (Fsp3) is 1.00. The van der Waals surface area contributed by atoms with Gasteiger partial charge in [0.15, 0.2) is 0 Å². The van der Waals surface area contributed by atoms with E-state index in [9.17, 15) is 0 Å². The van der Waals surface area contributed by atoms with E-state index in [-0.39, 0.29) is 0 Å². The minimum atomic E-state index is 0.828. The molecule has 1 saturated carbocycles. The fourth-order valence-electron chi connectivity index (χ4n) is 3.49. The Kier molecular flexibility index (Phi) is 10.5. The number of hydrogen-bond donors (Lipinski definition) is 1. The van der Waals surface area contributed by atoms with E-state index in [1.54, 1.807) is 0 Å². The van der Waals surface area contributed by atoms with Crippen LogP contribution in [0.25, 0.3) is 0 Å². The van der Waals surface area contributed by atoms with Gasteiger partial charge in [-0.15, -0.1) is 0 Å². The van der Waals surface area contributed by atoms with Gasteiger partial charge in [-0.2, -0.15) is 0 Å². The summed E-state index contributed by atoms with van der Waals surface area (Å²) in [5, 5.41) is 3.90. The van der Waals surface area contributed by atoms with Gasteiger partial charge < -0.3 is 5.32 Å². The molecular weight excluding hydrogens is 230 g/mol. The van der Waals surface area contributed by atoms with Crippen LogP contribution in [0.1, 0.15) is 97.3 Å². The summed E-state index contributed by atoms with van der Waals surface area (Å²) in [7, 11) is 0. The Labute approximate surface area is 121 Å². The first kappa shape index (κ1) is 17.0. The molecule has 0 aromatic carbocycles. The molecule has 1 aliphatic rings. The highest BCUT2D eigenvalue weighted by atomic mass is 14.9. The van der Waals surface area contributed by atoms with E-state index >= 15 is 0 Å². The zero-order valence-electron chi connectivity index (χ0n) is 13.6. The predicted molar refractivity (Wildman–Crippen MR) is 86.6 cm³/mol. The molecule has 1 heteroatoms. The van der Waals surface area contributed by atoms with Crippen molar-refractivity contribution in [3.63, 3.8) is 0 Å². The van der Waals surface area contributed by atoms with Crippen molar-refractivity contribution in [2.45, 2.75) is 103 Å². The van der Waals surface area contributed by atoms with Crippen molar-refractivity contribution in [1.29, 1.82) is 0 Å². The molecule has 0 aromatic rings. The number of hydrogen-bond acceptors (Lipinski definition) is 1. The van der Waals surface area contributed by atoms with Crippen molar-refractivity contribution in [2.75, 3.05) is 6.54 Å². The highest BCUT2D eigenvalue weighted by molar-refractivity contribution is 4.79. The van der Waals surface area contributed by atoms with Crippen molar-refractivity contribution in [1.82, 2.24) is 5.32 Å². The van der Waals surface area contributed by atoms with Crippen LogP contribution in [0.3, 0.4) is 0 Å². The summed E-state index contributed by atoms with van der Waals surface area (Å²) in [6.45, 7) is 5.85. The molecule has 0 aromatic heterocycles. The largest absolute Gasteiger partial charge is 0.314 e. The summed E-state index contributed by atoms with van der Waals surface area (Å²) in [5.41, 5.74) is 0. The van der Waals surface area contributed by atoms with Crippen LogP contribution in [0.4, 0.5) is 0 Å². The van der Waals surface area contributed by atoms with Crippen LogP contribution < -0.4 is 5.32 Å². The highest BCUT2D eigenvalue weighted by Gasteiger charge is 2.22. The van der Waals surface area contributed by atoms with Gasteiger partial charge in [0.25, 0.3) is 0 Å². The van der Waals surface area contributed by atoms with Gasteiger partial charge in [0.2, 0.25) is 0 Å². The van der Waals surface area contributed by atoms with Crippen LogP contribution in [0.2, 0.25) is 0 Å². The number of nitrogens with one attached hydrogen (secondary N) is 1. The molecule has 1 rings (SSSR count). The third-order valence-electron chi connectivity index (χ3n) is 4.77. The Morgan fingerprint density at radius 2 is 1.53 bits per heavy atom. The van der Waals surface area contributed by atoms with E-state index in [0.29, 0.717) is 0 Å². The quantitative estimate of drug-likeness (QED) is 0.474. The van der Waals surface area contributed by atoms with Crippen LogP contribution in [0.15, 0.2) is 0 Å². The van der Waals surface area contributed by atoms with Gasteiger partial charge in [-0.1, -0.05) is 71.6 Å². The lowest BCUT2D eigenvalue weighted by Gasteiger charge is -2.31. The van der Waals surface area contributed by atoms with Gasteiger partial charge in [0.1, 0.15) is 0 Å². The molecule has 1 nitrogen and oxygen atoms in total. The summed E-state index contributed by atoms with van der Waals surface area (Å²) in [5.74, 6) is 0.983. The van der Waals surface area contributed by atoms with Crippen molar-refractivity contribution in [3.05, 3.63) is 0 Å². The second-order valence-electron chi connectivity index (χ2n) is 6.52. The number of rotatable bonds is 11. The van der Waals surface area contributed by atoms with E-state index in [0.717, 1.165) is 12.0 Å². The molecule has 0 amide bonds. The smallest absolute Gasteiger partial charge is 0.00953 e. The summed E-state index contributed by atoms with van der Waals surface area (Å²) in [6, 6.07) is 0.828. The maximum atomic E-state index is 3.90. The molecule has 114 valence electrons. The Bertz CT molecular complexity index is 172. The summed E-state index contributed by atoms with van der Waals surface area (Å²) < 4.78 is 0. The molecule has 0 radical (unpaired) electrons. The summed E-state index contributed by atoms with van der Waals surface area (Å²) >= 11 is 0. The van der Waals surface area contributed by atoms with Crippen LogP contribution in [0.5, 0.6) is 0 Å². The highest BCUT2D eigenvalue weighted by Crippen LogP contribution is 2.28. The maximum absolute atomic E-state index is 3.90. The van der Waals surface area contributed by atoms with Crippen LogP contribution in [-0.4, -0.2) is 12.6 Å². The second kappa shape index (κ2) is 11.8. The second-order valence-corrected chi connectivity index (χ2v) is 6.52. The average molecular weight is 268 g/mol. The molecule has 0 heterocycles. The summed E-state index contributed by atoms with van der Waals surface area (Å²) in [6.07, 6.45) is 18.6. The van der Waals surface area contributed by atoms with Crippen molar-refractivity contribution in [3.8, 4) is 0 Å². The fourth-order valence-corrected chi connectivity index (χ4v) is 3.49. The molecule has 0 saturated heterocycles. The van der Waals surface area contributed by atoms with E-state index in [1.165, 1.54) is 90.0 Å². The molecule has 1 fully saturated rings. The lowest BCUT2D eigenvalue weighted by atomic mass is 9.82. The molecule has 0 aliphatic heterocycles. The lowest BCUT2D eigenvalue weighted by molar-refractivity contribution is 0.252. The third kappa shape index (κ3) is 7.97. The standard InChI is InChI=1S/C18H37N/c1-3-5-7-11-15-18(19-16-12-6-4-2)17-13-9-8-10-14-17/h17-19H,3-16H2,1-2H3. The predicted octanol–water partition coefficient (Wildman–Crippen LogP) is 5.69. The first-order chi connectivity index (χ1) is 9.38. The van der Waals surface area contributed by atoms with Gasteiger partial charge in [-0.3, -0.25) is 0 Å². The zero-order valence-corrected chi connectivity index (χ0v) is 13.6. The Hall–Kier alpha value is -0.0400.